The SMILES string of the molecule is CCOc1ccccc1/C=C(/NC(=O)c1ccccc1)C(=O)Nc1cccc(SCC(=O)Nc2sc3c(c2C#N)CCC(C(C)(C)C)C3)c1. The van der Waals surface area contributed by atoms with Crippen LogP contribution in [0.5, 0.6) is 5.75 Å². The van der Waals surface area contributed by atoms with E-state index in [9.17, 15) is 19.6 Å². The molecule has 0 fully saturated rings. The molecule has 0 radical (unpaired) electrons. The van der Waals surface area contributed by atoms with Crippen LogP contribution in [0.4, 0.5) is 10.7 Å². The number of thioether (sulfide) groups is 1. The Hall–Kier alpha value is -4.85. The predicted octanol–water partition coefficient (Wildman–Crippen LogP) is 8.31. The summed E-state index contributed by atoms with van der Waals surface area (Å²) in [7, 11) is 0. The summed E-state index contributed by atoms with van der Waals surface area (Å²) in [6.07, 6.45) is 4.40. The van der Waals surface area contributed by atoms with E-state index in [0.717, 1.165) is 29.7 Å². The third kappa shape index (κ3) is 9.19. The van der Waals surface area contributed by atoms with Gasteiger partial charge in [0.2, 0.25) is 5.91 Å². The molecule has 1 unspecified atom stereocenters. The molecular weight excluding hydrogens is 653 g/mol. The second kappa shape index (κ2) is 16.0. The van der Waals surface area contributed by atoms with E-state index in [1.807, 2.05) is 37.3 Å². The molecule has 1 atom stereocenters. The molecule has 8 nitrogen and oxygen atoms in total. The fourth-order valence-corrected chi connectivity index (χ4v) is 7.74. The quantitative estimate of drug-likeness (QED) is 0.107. The molecule has 49 heavy (non-hydrogen) atoms. The minimum Gasteiger partial charge on any atom is -0.493 e. The number of nitriles is 1. The number of fused-ring (bicyclic) bond motifs is 1. The van der Waals surface area contributed by atoms with Crippen LogP contribution in [0.1, 0.15) is 66.0 Å². The number of carbonyl (C=O) groups is 3. The van der Waals surface area contributed by atoms with Crippen LogP contribution in [0, 0.1) is 22.7 Å². The van der Waals surface area contributed by atoms with E-state index in [0.29, 0.717) is 45.7 Å². The molecule has 4 aromatic rings. The molecule has 1 heterocycles. The number of rotatable bonds is 11. The maximum Gasteiger partial charge on any atom is 0.272 e. The number of anilines is 2. The molecule has 0 saturated carbocycles. The number of hydrogen-bond acceptors (Lipinski definition) is 7. The topological polar surface area (TPSA) is 120 Å². The van der Waals surface area contributed by atoms with Gasteiger partial charge in [-0.1, -0.05) is 63.2 Å². The van der Waals surface area contributed by atoms with Crippen molar-refractivity contribution in [1.29, 1.82) is 5.26 Å². The van der Waals surface area contributed by atoms with Crippen molar-refractivity contribution in [1.82, 2.24) is 5.32 Å². The first kappa shape index (κ1) is 35.5. The van der Waals surface area contributed by atoms with Crippen LogP contribution < -0.4 is 20.7 Å². The van der Waals surface area contributed by atoms with Crippen LogP contribution >= 0.6 is 23.1 Å². The van der Waals surface area contributed by atoms with Gasteiger partial charge >= 0.3 is 0 Å². The number of hydrogen-bond donors (Lipinski definition) is 3. The van der Waals surface area contributed by atoms with Gasteiger partial charge in [-0.3, -0.25) is 14.4 Å². The van der Waals surface area contributed by atoms with Crippen molar-refractivity contribution in [3.63, 3.8) is 0 Å². The van der Waals surface area contributed by atoms with Gasteiger partial charge in [0.05, 0.1) is 17.9 Å². The Morgan fingerprint density at radius 3 is 2.51 bits per heavy atom. The highest BCUT2D eigenvalue weighted by atomic mass is 32.2. The van der Waals surface area contributed by atoms with Crippen LogP contribution in [0.15, 0.2) is 89.5 Å². The highest BCUT2D eigenvalue weighted by Gasteiger charge is 2.32. The van der Waals surface area contributed by atoms with Crippen molar-refractivity contribution in [2.75, 3.05) is 23.0 Å². The molecule has 5 rings (SSSR count). The van der Waals surface area contributed by atoms with Crippen LogP contribution in [0.3, 0.4) is 0 Å². The molecule has 3 aromatic carbocycles. The van der Waals surface area contributed by atoms with Crippen LogP contribution in [0.25, 0.3) is 6.08 Å². The average molecular weight is 693 g/mol. The Morgan fingerprint density at radius 1 is 1.02 bits per heavy atom. The van der Waals surface area contributed by atoms with Gasteiger partial charge < -0.3 is 20.7 Å². The lowest BCUT2D eigenvalue weighted by Gasteiger charge is -2.33. The Morgan fingerprint density at radius 2 is 1.78 bits per heavy atom. The molecule has 10 heteroatoms. The molecule has 252 valence electrons. The highest BCUT2D eigenvalue weighted by molar-refractivity contribution is 8.00. The summed E-state index contributed by atoms with van der Waals surface area (Å²) in [5, 5.41) is 19.2. The summed E-state index contributed by atoms with van der Waals surface area (Å²) in [5.41, 5.74) is 3.44. The van der Waals surface area contributed by atoms with E-state index in [1.54, 1.807) is 54.6 Å². The van der Waals surface area contributed by atoms with E-state index in [-0.39, 0.29) is 22.8 Å². The van der Waals surface area contributed by atoms with E-state index in [2.05, 4.69) is 42.8 Å². The van der Waals surface area contributed by atoms with Crippen LogP contribution in [-0.2, 0) is 22.4 Å². The summed E-state index contributed by atoms with van der Waals surface area (Å²) in [5.74, 6) is 0.0985. The maximum absolute atomic E-state index is 13.6. The molecule has 0 bridgehead atoms. The van der Waals surface area contributed by atoms with Crippen LogP contribution in [0.2, 0.25) is 0 Å². The number of ether oxygens (including phenoxy) is 1. The Bertz CT molecular complexity index is 1900. The minimum absolute atomic E-state index is 0.0409. The lowest BCUT2D eigenvalue weighted by Crippen LogP contribution is -2.30. The number of benzene rings is 3. The van der Waals surface area contributed by atoms with Gasteiger partial charge in [0.1, 0.15) is 22.5 Å². The molecule has 0 spiro atoms. The zero-order valence-electron chi connectivity index (χ0n) is 28.1. The van der Waals surface area contributed by atoms with Crippen molar-refractivity contribution in [2.45, 2.75) is 51.9 Å². The number of thiophene rings is 1. The van der Waals surface area contributed by atoms with Crippen molar-refractivity contribution >= 4 is 57.6 Å². The molecule has 3 N–H and O–H groups in total. The molecular formula is C39H40N4O4S2. The van der Waals surface area contributed by atoms with Gasteiger partial charge in [-0.15, -0.1) is 23.1 Å². The molecule has 0 aliphatic heterocycles. The fraction of sp³-hybridized carbons (Fsp3) is 0.282. The summed E-state index contributed by atoms with van der Waals surface area (Å²) < 4.78 is 5.74. The third-order valence-corrected chi connectivity index (χ3v) is 10.5. The first-order valence-electron chi connectivity index (χ1n) is 16.2. The summed E-state index contributed by atoms with van der Waals surface area (Å²) in [6.45, 7) is 9.08. The van der Waals surface area contributed by atoms with Gasteiger partial charge in [-0.05, 0) is 85.6 Å². The van der Waals surface area contributed by atoms with Gasteiger partial charge in [0, 0.05) is 26.6 Å². The van der Waals surface area contributed by atoms with Gasteiger partial charge in [-0.25, -0.2) is 0 Å². The first-order chi connectivity index (χ1) is 23.5. The van der Waals surface area contributed by atoms with Gasteiger partial charge in [0.25, 0.3) is 11.8 Å². The van der Waals surface area contributed by atoms with Crippen molar-refractivity contribution < 1.29 is 19.1 Å². The summed E-state index contributed by atoms with van der Waals surface area (Å²) in [6, 6.07) is 25.4. The average Bonchev–Trinajstić information content (AvgIpc) is 3.44. The number of para-hydroxylation sites is 1. The lowest BCUT2D eigenvalue weighted by atomic mass is 9.72. The first-order valence-corrected chi connectivity index (χ1v) is 18.0. The molecule has 1 aliphatic carbocycles. The van der Waals surface area contributed by atoms with E-state index in [1.165, 1.54) is 28.0 Å². The smallest absolute Gasteiger partial charge is 0.272 e. The molecule has 1 aliphatic rings. The Labute approximate surface area is 296 Å². The Balaban J connectivity index is 1.27. The van der Waals surface area contributed by atoms with E-state index >= 15 is 0 Å². The van der Waals surface area contributed by atoms with Crippen molar-refractivity contribution in [2.24, 2.45) is 11.3 Å². The predicted molar refractivity (Wildman–Crippen MR) is 198 cm³/mol. The molecule has 0 saturated heterocycles. The number of nitrogens with zero attached hydrogens (tertiary/aromatic N) is 1. The Kier molecular flexibility index (Phi) is 11.6. The molecule has 3 amide bonds. The zero-order chi connectivity index (χ0) is 35.0. The van der Waals surface area contributed by atoms with Crippen molar-refractivity contribution in [3.05, 3.63) is 112 Å². The third-order valence-electron chi connectivity index (χ3n) is 8.36. The standard InChI is InChI=1S/C39H40N4O4S2/c1-5-47-33-17-10-9-14-26(33)20-32(42-36(45)25-12-7-6-8-13-25)37(46)41-28-15-11-16-29(22-28)48-24-35(44)43-38-31(23-40)30-19-18-27(39(2,3)4)21-34(30)49-38/h6-17,20,22,27H,5,18-19,21,24H2,1-4H3,(H,41,46)(H,42,45)(H,43,44)/b32-20+. The highest BCUT2D eigenvalue weighted by Crippen LogP contribution is 2.44. The second-order valence-corrected chi connectivity index (χ2v) is 14.9. The van der Waals surface area contributed by atoms with Crippen molar-refractivity contribution in [3.8, 4) is 11.8 Å². The van der Waals surface area contributed by atoms with E-state index in [4.69, 9.17) is 4.74 Å². The number of amides is 3. The lowest BCUT2D eigenvalue weighted by molar-refractivity contribution is -0.114. The summed E-state index contributed by atoms with van der Waals surface area (Å²) >= 11 is 2.85. The van der Waals surface area contributed by atoms with E-state index < -0.39 is 11.8 Å². The van der Waals surface area contributed by atoms with Crippen LogP contribution in [-0.4, -0.2) is 30.1 Å². The summed E-state index contributed by atoms with van der Waals surface area (Å²) in [4.78, 5) is 41.7. The second-order valence-electron chi connectivity index (χ2n) is 12.8. The minimum atomic E-state index is -0.519. The van der Waals surface area contributed by atoms with Gasteiger partial charge in [-0.2, -0.15) is 5.26 Å². The number of carbonyl (C=O) groups excluding carboxylic acids is 3. The number of nitrogens with one attached hydrogen (secondary N) is 3. The normalized spacial score (nSPS) is 14.3. The maximum atomic E-state index is 13.6. The zero-order valence-corrected chi connectivity index (χ0v) is 29.7. The monoisotopic (exact) mass is 692 g/mol. The fourth-order valence-electron chi connectivity index (χ4n) is 5.69. The molecule has 1 aromatic heterocycles. The largest absolute Gasteiger partial charge is 0.493 e. The van der Waals surface area contributed by atoms with Gasteiger partial charge in [0.15, 0.2) is 0 Å².